The van der Waals surface area contributed by atoms with E-state index in [2.05, 4.69) is 5.32 Å². The molecule has 0 radical (unpaired) electrons. The maximum absolute atomic E-state index is 14.9. The van der Waals surface area contributed by atoms with Gasteiger partial charge in [-0.15, -0.1) is 0 Å². The van der Waals surface area contributed by atoms with Crippen molar-refractivity contribution in [2.24, 2.45) is 11.3 Å². The van der Waals surface area contributed by atoms with E-state index in [4.69, 9.17) is 14.2 Å². The highest BCUT2D eigenvalue weighted by molar-refractivity contribution is 6.17. The van der Waals surface area contributed by atoms with Gasteiger partial charge in [-0.2, -0.15) is 0 Å². The maximum atomic E-state index is 14.9. The Morgan fingerprint density at radius 3 is 2.59 bits per heavy atom. The van der Waals surface area contributed by atoms with Crippen molar-refractivity contribution < 1.29 is 28.6 Å². The normalized spacial score (nSPS) is 25.0. The number of nitrogens with zero attached hydrogens (tertiary/aromatic N) is 1. The Morgan fingerprint density at radius 2 is 1.80 bits per heavy atom. The van der Waals surface area contributed by atoms with Crippen molar-refractivity contribution in [2.45, 2.75) is 38.3 Å². The van der Waals surface area contributed by atoms with Gasteiger partial charge in [0.05, 0.1) is 19.1 Å². The number of ketones is 2. The molecule has 0 aromatic heterocycles. The fourth-order valence-electron chi connectivity index (χ4n) is 6.96. The number of nitrogens with one attached hydrogen (secondary N) is 1. The molecule has 3 aromatic carbocycles. The molecule has 1 fully saturated rings. The molecule has 0 bridgehead atoms. The summed E-state index contributed by atoms with van der Waals surface area (Å²) in [5.41, 5.74) is 1.20. The highest BCUT2D eigenvalue weighted by Crippen LogP contribution is 2.58. The zero-order valence-corrected chi connectivity index (χ0v) is 23.3. The predicted molar refractivity (Wildman–Crippen MR) is 154 cm³/mol. The first kappa shape index (κ1) is 25.4. The van der Waals surface area contributed by atoms with Gasteiger partial charge in [-0.05, 0) is 48.0 Å². The van der Waals surface area contributed by atoms with Crippen LogP contribution in [-0.4, -0.2) is 43.5 Å². The van der Waals surface area contributed by atoms with Crippen LogP contribution in [0.15, 0.2) is 66.7 Å². The Labute approximate surface area is 237 Å². The number of methoxy groups -OCH3 is 1. The van der Waals surface area contributed by atoms with Crippen molar-refractivity contribution in [3.8, 4) is 17.2 Å². The van der Waals surface area contributed by atoms with Gasteiger partial charge in [0.2, 0.25) is 12.7 Å². The zero-order valence-electron chi connectivity index (χ0n) is 23.3. The Bertz CT molecular complexity index is 1670. The summed E-state index contributed by atoms with van der Waals surface area (Å²) in [5.74, 6) is -0.0376. The first-order chi connectivity index (χ1) is 19.7. The Kier molecular flexibility index (Phi) is 5.39. The van der Waals surface area contributed by atoms with Crippen LogP contribution in [0.4, 0.5) is 11.4 Å². The van der Waals surface area contributed by atoms with Gasteiger partial charge in [0.15, 0.2) is 23.1 Å². The average molecular weight is 551 g/mol. The molecule has 7 rings (SSSR count). The lowest BCUT2D eigenvalue weighted by Gasteiger charge is -2.38. The predicted octanol–water partition coefficient (Wildman–Crippen LogP) is 5.01. The highest BCUT2D eigenvalue weighted by Gasteiger charge is 2.70. The van der Waals surface area contributed by atoms with Crippen molar-refractivity contribution in [3.63, 3.8) is 0 Å². The monoisotopic (exact) mass is 550 g/mol. The number of carbonyl (C=O) groups excluding carboxylic acids is 3. The molecule has 41 heavy (non-hydrogen) atoms. The summed E-state index contributed by atoms with van der Waals surface area (Å²) in [6, 6.07) is 16.7. The zero-order chi connectivity index (χ0) is 28.7. The highest BCUT2D eigenvalue weighted by atomic mass is 16.7. The second-order valence-corrected chi connectivity index (χ2v) is 12.0. The fourth-order valence-corrected chi connectivity index (χ4v) is 6.96. The van der Waals surface area contributed by atoms with Crippen LogP contribution in [-0.2, 0) is 15.0 Å². The largest absolute Gasteiger partial charge is 0.497 e. The molecule has 4 heterocycles. The molecule has 0 aliphatic carbocycles. The Morgan fingerprint density at radius 1 is 1.02 bits per heavy atom. The minimum absolute atomic E-state index is 0.0716. The van der Waals surface area contributed by atoms with Crippen molar-refractivity contribution in [2.75, 3.05) is 24.1 Å². The van der Waals surface area contributed by atoms with E-state index in [1.807, 2.05) is 80.3 Å². The molecule has 4 aliphatic rings. The smallest absolute Gasteiger partial charge is 0.238 e. The lowest BCUT2D eigenvalue weighted by Crippen LogP contribution is -2.51. The third-order valence-corrected chi connectivity index (χ3v) is 8.79. The molecule has 4 aliphatic heterocycles. The van der Waals surface area contributed by atoms with Crippen LogP contribution in [0.25, 0.3) is 6.08 Å². The SMILES string of the molecule is COc1ccc2c(c1)C=C[C@H]1N2[C@@H](C(=O)C(C)(C)C)[C@H](C(=O)c2ccc3c(c2)OCO3)[C@]12C(=O)Nc1ccccc12. The van der Waals surface area contributed by atoms with Crippen LogP contribution in [0.5, 0.6) is 17.2 Å². The van der Waals surface area contributed by atoms with Crippen LogP contribution < -0.4 is 24.4 Å². The molecule has 4 atom stereocenters. The molecule has 208 valence electrons. The third kappa shape index (κ3) is 3.43. The van der Waals surface area contributed by atoms with Gasteiger partial charge in [-0.1, -0.05) is 51.1 Å². The first-order valence-corrected chi connectivity index (χ1v) is 13.7. The molecule has 0 saturated carbocycles. The summed E-state index contributed by atoms with van der Waals surface area (Å²) in [4.78, 5) is 45.8. The summed E-state index contributed by atoms with van der Waals surface area (Å²) < 4.78 is 16.5. The number of hydrogen-bond acceptors (Lipinski definition) is 7. The number of hydrogen-bond donors (Lipinski definition) is 1. The molecule has 8 nitrogen and oxygen atoms in total. The van der Waals surface area contributed by atoms with Gasteiger partial charge in [-0.25, -0.2) is 0 Å². The molecule has 1 amide bonds. The molecule has 3 aromatic rings. The minimum Gasteiger partial charge on any atom is -0.497 e. The molecule has 1 spiro atoms. The summed E-state index contributed by atoms with van der Waals surface area (Å²) in [5, 5.41) is 3.05. The summed E-state index contributed by atoms with van der Waals surface area (Å²) in [7, 11) is 1.60. The minimum atomic E-state index is -1.36. The Hall–Kier alpha value is -4.59. The van der Waals surface area contributed by atoms with E-state index in [0.717, 1.165) is 11.3 Å². The molecule has 1 N–H and O–H groups in total. The van der Waals surface area contributed by atoms with Crippen LogP contribution >= 0.6 is 0 Å². The number of amides is 1. The molecular weight excluding hydrogens is 520 g/mol. The topological polar surface area (TPSA) is 94.2 Å². The number of anilines is 2. The number of ether oxygens (including phenoxy) is 3. The number of fused-ring (bicyclic) bond motifs is 7. The van der Waals surface area contributed by atoms with Gasteiger partial charge in [-0.3, -0.25) is 14.4 Å². The van der Waals surface area contributed by atoms with E-state index in [1.54, 1.807) is 25.3 Å². The summed E-state index contributed by atoms with van der Waals surface area (Å²) in [6.45, 7) is 5.64. The lowest BCUT2D eigenvalue weighted by atomic mass is 9.63. The number of Topliss-reactive ketones (excluding diaryl/α,β-unsaturated/α-hetero) is 2. The number of benzene rings is 3. The van der Waals surface area contributed by atoms with Crippen LogP contribution in [0.1, 0.15) is 42.3 Å². The Balaban J connectivity index is 1.51. The van der Waals surface area contributed by atoms with Crippen LogP contribution in [0.3, 0.4) is 0 Å². The molecule has 0 unspecified atom stereocenters. The third-order valence-electron chi connectivity index (χ3n) is 8.79. The summed E-state index contributed by atoms with van der Waals surface area (Å²) in [6.07, 6.45) is 3.92. The van der Waals surface area contributed by atoms with E-state index in [9.17, 15) is 14.4 Å². The number of rotatable bonds is 4. The van der Waals surface area contributed by atoms with Crippen molar-refractivity contribution in [3.05, 3.63) is 83.4 Å². The van der Waals surface area contributed by atoms with Gasteiger partial charge in [0, 0.05) is 27.9 Å². The van der Waals surface area contributed by atoms with E-state index in [0.29, 0.717) is 34.1 Å². The second kappa shape index (κ2) is 8.70. The second-order valence-electron chi connectivity index (χ2n) is 12.0. The maximum Gasteiger partial charge on any atom is 0.238 e. The van der Waals surface area contributed by atoms with E-state index < -0.39 is 28.8 Å². The van der Waals surface area contributed by atoms with E-state index in [1.165, 1.54) is 0 Å². The number of carbonyl (C=O) groups is 3. The number of para-hydroxylation sites is 1. The first-order valence-electron chi connectivity index (χ1n) is 13.7. The fraction of sp³-hybridized carbons (Fsp3) is 0.303. The van der Waals surface area contributed by atoms with Gasteiger partial charge < -0.3 is 24.4 Å². The standard InChI is InChI=1S/C33H30N2O6/c1-32(2,3)30(37)28-27(29(36)19-9-13-24-25(16-19)41-17-40-24)33(21-7-5-6-8-22(21)34-31(33)38)26-14-10-18-15-20(39-4)11-12-23(18)35(26)28/h5-16,26-28H,17H2,1-4H3,(H,34,38)/t26-,27-,28-,33-/m1/s1. The van der Waals surface area contributed by atoms with Gasteiger partial charge >= 0.3 is 0 Å². The van der Waals surface area contributed by atoms with Gasteiger partial charge in [0.25, 0.3) is 0 Å². The molecule has 1 saturated heterocycles. The van der Waals surface area contributed by atoms with Gasteiger partial charge in [0.1, 0.15) is 17.2 Å². The van der Waals surface area contributed by atoms with E-state index >= 15 is 0 Å². The average Bonchev–Trinajstić information content (AvgIpc) is 3.64. The van der Waals surface area contributed by atoms with Crippen LogP contribution in [0, 0.1) is 11.3 Å². The van der Waals surface area contributed by atoms with Crippen LogP contribution in [0.2, 0.25) is 0 Å². The van der Waals surface area contributed by atoms with E-state index in [-0.39, 0.29) is 24.3 Å². The van der Waals surface area contributed by atoms with Crippen molar-refractivity contribution in [1.82, 2.24) is 0 Å². The quantitative estimate of drug-likeness (QED) is 0.457. The van der Waals surface area contributed by atoms with Crippen molar-refractivity contribution >= 4 is 34.9 Å². The summed E-state index contributed by atoms with van der Waals surface area (Å²) >= 11 is 0. The lowest BCUT2D eigenvalue weighted by molar-refractivity contribution is -0.128. The molecular formula is C33H30N2O6. The van der Waals surface area contributed by atoms with Crippen molar-refractivity contribution in [1.29, 1.82) is 0 Å². The molecule has 8 heteroatoms.